The number of hydrogen-bond acceptors (Lipinski definition) is 2. The van der Waals surface area contributed by atoms with Crippen LogP contribution in [0, 0.1) is 0 Å². The summed E-state index contributed by atoms with van der Waals surface area (Å²) in [7, 11) is 0. The number of cyclic esters (lactones) is 1. The number of benzene rings is 1. The number of aryl methyl sites for hydroxylation is 2. The number of ether oxygens (including phenoxy) is 1. The van der Waals surface area contributed by atoms with Crippen LogP contribution in [-0.4, -0.2) is 12.6 Å². The predicted octanol–water partition coefficient (Wildman–Crippen LogP) is 3.84. The summed E-state index contributed by atoms with van der Waals surface area (Å²) in [4.78, 5) is 10.9. The van der Waals surface area contributed by atoms with Crippen molar-refractivity contribution in [3.63, 3.8) is 0 Å². The molecule has 2 rings (SSSR count). The van der Waals surface area contributed by atoms with Crippen molar-refractivity contribution in [1.82, 2.24) is 0 Å². The molecule has 0 saturated heterocycles. The van der Waals surface area contributed by atoms with Gasteiger partial charge in [-0.25, -0.2) is 0 Å². The standard InChI is InChI=1S/C17H22O2/c1-2-3-4-14-5-7-15(8-6-14)9-10-16-11-12-17(18)19-13-16/h5-8,11H,2-4,9-10,12-13H2,1H3. The molecule has 0 atom stereocenters. The van der Waals surface area contributed by atoms with Crippen LogP contribution in [0.4, 0.5) is 0 Å². The van der Waals surface area contributed by atoms with Crippen molar-refractivity contribution in [2.24, 2.45) is 0 Å². The highest BCUT2D eigenvalue weighted by molar-refractivity contribution is 5.72. The monoisotopic (exact) mass is 258 g/mol. The lowest BCUT2D eigenvalue weighted by Crippen LogP contribution is -2.12. The highest BCUT2D eigenvalue weighted by atomic mass is 16.5. The summed E-state index contributed by atoms with van der Waals surface area (Å²) in [5.41, 5.74) is 4.03. The number of esters is 1. The quantitative estimate of drug-likeness (QED) is 0.572. The third-order valence-corrected chi connectivity index (χ3v) is 3.55. The topological polar surface area (TPSA) is 26.3 Å². The van der Waals surface area contributed by atoms with E-state index in [1.54, 1.807) is 0 Å². The molecule has 0 fully saturated rings. The average Bonchev–Trinajstić information content (AvgIpc) is 2.46. The predicted molar refractivity (Wildman–Crippen MR) is 77.0 cm³/mol. The molecule has 1 aliphatic rings. The van der Waals surface area contributed by atoms with E-state index in [0.29, 0.717) is 13.0 Å². The third-order valence-electron chi connectivity index (χ3n) is 3.55. The molecular formula is C17H22O2. The Hall–Kier alpha value is -1.57. The molecule has 0 N–H and O–H groups in total. The third kappa shape index (κ3) is 4.55. The van der Waals surface area contributed by atoms with Crippen LogP contribution in [0.2, 0.25) is 0 Å². The van der Waals surface area contributed by atoms with Crippen LogP contribution in [0.3, 0.4) is 0 Å². The molecule has 0 aliphatic carbocycles. The smallest absolute Gasteiger partial charge is 0.309 e. The number of rotatable bonds is 6. The molecule has 0 radical (unpaired) electrons. The second-order valence-electron chi connectivity index (χ2n) is 5.15. The maximum atomic E-state index is 10.9. The van der Waals surface area contributed by atoms with E-state index in [-0.39, 0.29) is 5.97 Å². The molecule has 1 heterocycles. The van der Waals surface area contributed by atoms with E-state index >= 15 is 0 Å². The Morgan fingerprint density at radius 1 is 1.05 bits per heavy atom. The molecular weight excluding hydrogens is 236 g/mol. The molecule has 0 amide bonds. The number of unbranched alkanes of at least 4 members (excludes halogenated alkanes) is 1. The second-order valence-corrected chi connectivity index (χ2v) is 5.15. The Morgan fingerprint density at radius 3 is 2.32 bits per heavy atom. The molecule has 1 aromatic carbocycles. The summed E-state index contributed by atoms with van der Waals surface area (Å²) in [6.07, 6.45) is 8.15. The Morgan fingerprint density at radius 2 is 1.74 bits per heavy atom. The van der Waals surface area contributed by atoms with Crippen LogP contribution in [0.15, 0.2) is 35.9 Å². The lowest BCUT2D eigenvalue weighted by Gasteiger charge is -2.13. The molecule has 102 valence electrons. The van der Waals surface area contributed by atoms with Gasteiger partial charge in [0.15, 0.2) is 0 Å². The van der Waals surface area contributed by atoms with Gasteiger partial charge in [-0.1, -0.05) is 43.7 Å². The lowest BCUT2D eigenvalue weighted by molar-refractivity contribution is -0.142. The maximum absolute atomic E-state index is 10.9. The van der Waals surface area contributed by atoms with Crippen LogP contribution in [0.1, 0.15) is 43.7 Å². The SMILES string of the molecule is CCCCc1ccc(CCC2=CCC(=O)OC2)cc1. The van der Waals surface area contributed by atoms with E-state index < -0.39 is 0 Å². The van der Waals surface area contributed by atoms with Gasteiger partial charge in [0.2, 0.25) is 0 Å². The minimum Gasteiger partial charge on any atom is -0.461 e. The van der Waals surface area contributed by atoms with E-state index in [0.717, 1.165) is 12.8 Å². The van der Waals surface area contributed by atoms with E-state index in [2.05, 4.69) is 31.2 Å². The van der Waals surface area contributed by atoms with Gasteiger partial charge in [0.25, 0.3) is 0 Å². The Labute approximate surface area is 115 Å². The zero-order chi connectivity index (χ0) is 13.5. The largest absolute Gasteiger partial charge is 0.461 e. The van der Waals surface area contributed by atoms with Gasteiger partial charge in [-0.2, -0.15) is 0 Å². The van der Waals surface area contributed by atoms with E-state index in [4.69, 9.17) is 4.74 Å². The van der Waals surface area contributed by atoms with Gasteiger partial charge in [-0.15, -0.1) is 0 Å². The zero-order valence-corrected chi connectivity index (χ0v) is 11.7. The highest BCUT2D eigenvalue weighted by Crippen LogP contribution is 2.15. The van der Waals surface area contributed by atoms with E-state index in [9.17, 15) is 4.79 Å². The van der Waals surface area contributed by atoms with Gasteiger partial charge in [0.05, 0.1) is 6.42 Å². The van der Waals surface area contributed by atoms with Crippen molar-refractivity contribution in [2.45, 2.75) is 45.4 Å². The molecule has 0 bridgehead atoms. The summed E-state index contributed by atoms with van der Waals surface area (Å²) >= 11 is 0. The van der Waals surface area contributed by atoms with Crippen molar-refractivity contribution >= 4 is 5.97 Å². The molecule has 19 heavy (non-hydrogen) atoms. The fourth-order valence-electron chi connectivity index (χ4n) is 2.25. The van der Waals surface area contributed by atoms with Crippen molar-refractivity contribution < 1.29 is 9.53 Å². The van der Waals surface area contributed by atoms with Gasteiger partial charge in [-0.05, 0) is 42.4 Å². The van der Waals surface area contributed by atoms with Crippen LogP contribution < -0.4 is 0 Å². The minimum absolute atomic E-state index is 0.107. The molecule has 0 spiro atoms. The fourth-order valence-corrected chi connectivity index (χ4v) is 2.25. The first-order chi connectivity index (χ1) is 9.28. The van der Waals surface area contributed by atoms with Crippen LogP contribution in [0.25, 0.3) is 0 Å². The normalized spacial score (nSPS) is 15.0. The summed E-state index contributed by atoms with van der Waals surface area (Å²) in [5.74, 6) is -0.107. The van der Waals surface area contributed by atoms with E-state index in [1.165, 1.54) is 36.0 Å². The van der Waals surface area contributed by atoms with Crippen LogP contribution >= 0.6 is 0 Å². The van der Waals surface area contributed by atoms with Crippen molar-refractivity contribution in [3.8, 4) is 0 Å². The Balaban J connectivity index is 1.81. The van der Waals surface area contributed by atoms with Crippen molar-refractivity contribution in [2.75, 3.05) is 6.61 Å². The van der Waals surface area contributed by atoms with Gasteiger partial charge in [-0.3, -0.25) is 4.79 Å². The number of carbonyl (C=O) groups excluding carboxylic acids is 1. The highest BCUT2D eigenvalue weighted by Gasteiger charge is 2.10. The number of hydrogen-bond donors (Lipinski definition) is 0. The summed E-state index contributed by atoms with van der Waals surface area (Å²) in [5, 5.41) is 0. The Bertz CT molecular complexity index is 443. The fraction of sp³-hybridized carbons (Fsp3) is 0.471. The van der Waals surface area contributed by atoms with Crippen LogP contribution in [-0.2, 0) is 22.4 Å². The first-order valence-electron chi connectivity index (χ1n) is 7.19. The molecule has 0 aromatic heterocycles. The molecule has 2 heteroatoms. The molecule has 2 nitrogen and oxygen atoms in total. The molecule has 0 unspecified atom stereocenters. The van der Waals surface area contributed by atoms with Gasteiger partial charge >= 0.3 is 5.97 Å². The van der Waals surface area contributed by atoms with Crippen LogP contribution in [0.5, 0.6) is 0 Å². The first kappa shape index (κ1) is 13.9. The number of carbonyl (C=O) groups is 1. The van der Waals surface area contributed by atoms with Crippen molar-refractivity contribution in [3.05, 3.63) is 47.0 Å². The summed E-state index contributed by atoms with van der Waals surface area (Å²) in [6, 6.07) is 8.92. The second kappa shape index (κ2) is 7.13. The zero-order valence-electron chi connectivity index (χ0n) is 11.7. The Kier molecular flexibility index (Phi) is 5.20. The van der Waals surface area contributed by atoms with Crippen molar-refractivity contribution in [1.29, 1.82) is 0 Å². The van der Waals surface area contributed by atoms with Gasteiger partial charge < -0.3 is 4.74 Å². The molecule has 0 saturated carbocycles. The van der Waals surface area contributed by atoms with Gasteiger partial charge in [0, 0.05) is 0 Å². The molecule has 1 aliphatic heterocycles. The summed E-state index contributed by atoms with van der Waals surface area (Å²) in [6.45, 7) is 2.70. The molecule has 1 aromatic rings. The first-order valence-corrected chi connectivity index (χ1v) is 7.19. The average molecular weight is 258 g/mol. The van der Waals surface area contributed by atoms with E-state index in [1.807, 2.05) is 6.08 Å². The maximum Gasteiger partial charge on any atom is 0.309 e. The minimum atomic E-state index is -0.107. The summed E-state index contributed by atoms with van der Waals surface area (Å²) < 4.78 is 5.04. The lowest BCUT2D eigenvalue weighted by atomic mass is 10.0. The van der Waals surface area contributed by atoms with Gasteiger partial charge in [0.1, 0.15) is 6.61 Å².